The third kappa shape index (κ3) is 3.86. The summed E-state index contributed by atoms with van der Waals surface area (Å²) in [6, 6.07) is 6.63. The number of likely N-dealkylation sites (tertiary alicyclic amines) is 1. The van der Waals surface area contributed by atoms with Crippen LogP contribution >= 0.6 is 0 Å². The molecule has 1 unspecified atom stereocenters. The standard InChI is InChI=1S/C18H20FN7O/c19-15-7-5-13(6-8-15)3-4-14-2-1-9-25(11-14)18(27)16-10-20-22-17(16)26-12-21-23-24-26/h5-8,10,12,14H,1-4,9,11H2,(H,20,22). The normalized spacial score (nSPS) is 17.2. The number of amides is 1. The summed E-state index contributed by atoms with van der Waals surface area (Å²) in [5, 5.41) is 17.8. The van der Waals surface area contributed by atoms with Crippen LogP contribution in [-0.2, 0) is 6.42 Å². The van der Waals surface area contributed by atoms with Gasteiger partial charge < -0.3 is 4.90 Å². The minimum absolute atomic E-state index is 0.0688. The topological polar surface area (TPSA) is 92.6 Å². The average Bonchev–Trinajstić information content (AvgIpc) is 3.38. The minimum atomic E-state index is -0.216. The van der Waals surface area contributed by atoms with Crippen LogP contribution in [0.25, 0.3) is 5.82 Å². The number of piperidine rings is 1. The molecule has 27 heavy (non-hydrogen) atoms. The molecular weight excluding hydrogens is 349 g/mol. The molecule has 0 saturated carbocycles. The van der Waals surface area contributed by atoms with Gasteiger partial charge in [0.05, 0.1) is 6.20 Å². The second-order valence-corrected chi connectivity index (χ2v) is 6.81. The Kier molecular flexibility index (Phi) is 4.91. The van der Waals surface area contributed by atoms with E-state index in [4.69, 9.17) is 0 Å². The van der Waals surface area contributed by atoms with Gasteiger partial charge in [0.2, 0.25) is 0 Å². The van der Waals surface area contributed by atoms with Crippen molar-refractivity contribution in [3.8, 4) is 5.82 Å². The average molecular weight is 369 g/mol. The molecule has 1 saturated heterocycles. The monoisotopic (exact) mass is 369 g/mol. The highest BCUT2D eigenvalue weighted by Gasteiger charge is 2.27. The number of hydrogen-bond donors (Lipinski definition) is 1. The molecule has 2 aromatic heterocycles. The van der Waals surface area contributed by atoms with E-state index in [-0.39, 0.29) is 11.7 Å². The molecule has 3 aromatic rings. The lowest BCUT2D eigenvalue weighted by molar-refractivity contribution is 0.0668. The number of aromatic amines is 1. The van der Waals surface area contributed by atoms with Crippen LogP contribution in [0.5, 0.6) is 0 Å². The highest BCUT2D eigenvalue weighted by Crippen LogP contribution is 2.24. The molecule has 1 aliphatic heterocycles. The van der Waals surface area contributed by atoms with Crippen molar-refractivity contribution in [2.45, 2.75) is 25.7 Å². The van der Waals surface area contributed by atoms with Gasteiger partial charge in [0.1, 0.15) is 17.7 Å². The van der Waals surface area contributed by atoms with Gasteiger partial charge in [0.15, 0.2) is 5.82 Å². The summed E-state index contributed by atoms with van der Waals surface area (Å²) in [6.07, 6.45) is 6.86. The number of H-pyrrole nitrogens is 1. The van der Waals surface area contributed by atoms with Crippen LogP contribution in [0, 0.1) is 11.7 Å². The number of hydrogen-bond acceptors (Lipinski definition) is 5. The number of nitrogens with zero attached hydrogens (tertiary/aromatic N) is 6. The van der Waals surface area contributed by atoms with E-state index in [0.29, 0.717) is 23.8 Å². The fourth-order valence-electron chi connectivity index (χ4n) is 3.55. The van der Waals surface area contributed by atoms with Crippen molar-refractivity contribution < 1.29 is 9.18 Å². The third-order valence-corrected chi connectivity index (χ3v) is 4.99. The molecule has 0 bridgehead atoms. The molecule has 1 amide bonds. The number of nitrogens with one attached hydrogen (secondary N) is 1. The van der Waals surface area contributed by atoms with Crippen LogP contribution in [0.1, 0.15) is 35.2 Å². The Labute approximate surface area is 155 Å². The number of rotatable bonds is 5. The van der Waals surface area contributed by atoms with Gasteiger partial charge in [0, 0.05) is 13.1 Å². The van der Waals surface area contributed by atoms with Gasteiger partial charge in [-0.15, -0.1) is 5.10 Å². The fourth-order valence-corrected chi connectivity index (χ4v) is 3.55. The Bertz CT molecular complexity index is 891. The number of carbonyl (C=O) groups is 1. The summed E-state index contributed by atoms with van der Waals surface area (Å²) >= 11 is 0. The Morgan fingerprint density at radius 3 is 2.93 bits per heavy atom. The largest absolute Gasteiger partial charge is 0.338 e. The van der Waals surface area contributed by atoms with E-state index in [0.717, 1.165) is 37.8 Å². The van der Waals surface area contributed by atoms with Gasteiger partial charge in [-0.25, -0.2) is 4.39 Å². The van der Waals surface area contributed by atoms with Crippen LogP contribution < -0.4 is 0 Å². The van der Waals surface area contributed by atoms with Gasteiger partial charge in [-0.2, -0.15) is 9.78 Å². The molecule has 1 N–H and O–H groups in total. The number of tetrazole rings is 1. The van der Waals surface area contributed by atoms with Gasteiger partial charge in [-0.3, -0.25) is 9.89 Å². The lowest BCUT2D eigenvalue weighted by Gasteiger charge is -2.32. The molecular formula is C18H20FN7O. The number of aryl methyl sites for hydroxylation is 1. The number of carbonyl (C=O) groups excluding carboxylic acids is 1. The molecule has 9 heteroatoms. The molecule has 140 valence electrons. The maximum absolute atomic E-state index is 13.0. The minimum Gasteiger partial charge on any atom is -0.338 e. The number of benzene rings is 1. The second kappa shape index (κ2) is 7.65. The summed E-state index contributed by atoms with van der Waals surface area (Å²) in [7, 11) is 0. The first-order valence-corrected chi connectivity index (χ1v) is 9.01. The van der Waals surface area contributed by atoms with Crippen molar-refractivity contribution in [1.29, 1.82) is 0 Å². The Morgan fingerprint density at radius 2 is 2.15 bits per heavy atom. The van der Waals surface area contributed by atoms with Crippen LogP contribution in [0.15, 0.2) is 36.8 Å². The quantitative estimate of drug-likeness (QED) is 0.743. The Balaban J connectivity index is 1.40. The van der Waals surface area contributed by atoms with Crippen LogP contribution in [0.2, 0.25) is 0 Å². The van der Waals surface area contributed by atoms with Gasteiger partial charge >= 0.3 is 0 Å². The van der Waals surface area contributed by atoms with Crippen LogP contribution in [0.3, 0.4) is 0 Å². The van der Waals surface area contributed by atoms with Crippen molar-refractivity contribution in [1.82, 2.24) is 35.3 Å². The SMILES string of the molecule is O=C(c1cn[nH]c1-n1cnnn1)N1CCCC(CCc2ccc(F)cc2)C1. The van der Waals surface area contributed by atoms with Gasteiger partial charge in [-0.05, 0) is 59.7 Å². The smallest absolute Gasteiger partial charge is 0.259 e. The van der Waals surface area contributed by atoms with E-state index in [2.05, 4.69) is 25.7 Å². The second-order valence-electron chi connectivity index (χ2n) is 6.81. The lowest BCUT2D eigenvalue weighted by atomic mass is 9.91. The predicted molar refractivity (Wildman–Crippen MR) is 94.6 cm³/mol. The van der Waals surface area contributed by atoms with Crippen LogP contribution in [0.4, 0.5) is 4.39 Å². The first kappa shape index (κ1) is 17.3. The molecule has 0 radical (unpaired) electrons. The van der Waals surface area contributed by atoms with Crippen LogP contribution in [-0.4, -0.2) is 54.3 Å². The van der Waals surface area contributed by atoms with Crippen molar-refractivity contribution in [3.05, 3.63) is 53.7 Å². The zero-order valence-corrected chi connectivity index (χ0v) is 14.8. The van der Waals surface area contributed by atoms with E-state index in [1.807, 2.05) is 17.0 Å². The van der Waals surface area contributed by atoms with Crippen molar-refractivity contribution >= 4 is 5.91 Å². The molecule has 8 nitrogen and oxygen atoms in total. The maximum atomic E-state index is 13.0. The molecule has 1 aliphatic rings. The van der Waals surface area contributed by atoms with E-state index < -0.39 is 0 Å². The molecule has 1 aromatic carbocycles. The first-order valence-electron chi connectivity index (χ1n) is 9.01. The molecule has 0 spiro atoms. The van der Waals surface area contributed by atoms with E-state index >= 15 is 0 Å². The third-order valence-electron chi connectivity index (χ3n) is 4.99. The zero-order valence-electron chi connectivity index (χ0n) is 14.8. The highest BCUT2D eigenvalue weighted by molar-refractivity contribution is 5.97. The summed E-state index contributed by atoms with van der Waals surface area (Å²) < 4.78 is 14.4. The number of halogens is 1. The summed E-state index contributed by atoms with van der Waals surface area (Å²) in [6.45, 7) is 1.44. The molecule has 4 rings (SSSR count). The maximum Gasteiger partial charge on any atom is 0.259 e. The van der Waals surface area contributed by atoms with E-state index in [1.54, 1.807) is 0 Å². The fraction of sp³-hybridized carbons (Fsp3) is 0.389. The summed E-state index contributed by atoms with van der Waals surface area (Å²) in [5.41, 5.74) is 1.58. The molecule has 3 heterocycles. The van der Waals surface area contributed by atoms with Crippen molar-refractivity contribution in [2.75, 3.05) is 13.1 Å². The summed E-state index contributed by atoms with van der Waals surface area (Å²) in [5.74, 6) is 0.613. The number of aromatic nitrogens is 6. The first-order chi connectivity index (χ1) is 13.2. The van der Waals surface area contributed by atoms with Gasteiger partial charge in [-0.1, -0.05) is 12.1 Å². The Hall–Kier alpha value is -3.10. The van der Waals surface area contributed by atoms with E-state index in [1.165, 1.54) is 29.3 Å². The van der Waals surface area contributed by atoms with Crippen molar-refractivity contribution in [3.63, 3.8) is 0 Å². The molecule has 1 fully saturated rings. The highest BCUT2D eigenvalue weighted by atomic mass is 19.1. The van der Waals surface area contributed by atoms with E-state index in [9.17, 15) is 9.18 Å². The Morgan fingerprint density at radius 1 is 1.30 bits per heavy atom. The summed E-state index contributed by atoms with van der Waals surface area (Å²) in [4.78, 5) is 14.8. The van der Waals surface area contributed by atoms with Crippen molar-refractivity contribution in [2.24, 2.45) is 5.92 Å². The lowest BCUT2D eigenvalue weighted by Crippen LogP contribution is -2.40. The van der Waals surface area contributed by atoms with Gasteiger partial charge in [0.25, 0.3) is 5.91 Å². The molecule has 0 aliphatic carbocycles. The zero-order chi connectivity index (χ0) is 18.6. The predicted octanol–water partition coefficient (Wildman–Crippen LogP) is 2.01. The molecule has 1 atom stereocenters.